The normalized spacial score (nSPS) is 17.9. The molecule has 1 aliphatic heterocycles. The van der Waals surface area contributed by atoms with E-state index in [1.807, 2.05) is 19.4 Å². The van der Waals surface area contributed by atoms with Gasteiger partial charge in [0, 0.05) is 19.4 Å². The first-order valence-electron chi connectivity index (χ1n) is 4.18. The molecule has 0 spiro atoms. The van der Waals surface area contributed by atoms with E-state index >= 15 is 0 Å². The molecule has 14 heavy (non-hydrogen) atoms. The number of hydrogen-bond acceptors (Lipinski definition) is 5. The van der Waals surface area contributed by atoms with Crippen molar-refractivity contribution in [3.05, 3.63) is 42.0 Å². The third-order valence-electron chi connectivity index (χ3n) is 1.76. The topological polar surface area (TPSA) is 45.1 Å². The van der Waals surface area contributed by atoms with Crippen LogP contribution in [0.3, 0.4) is 0 Å². The monoisotopic (exact) mass is 195 g/mol. The summed E-state index contributed by atoms with van der Waals surface area (Å²) in [6.45, 7) is 4.41. The molecular formula is C9H13N3O2. The van der Waals surface area contributed by atoms with Crippen LogP contribution in [0.4, 0.5) is 0 Å². The van der Waals surface area contributed by atoms with Crippen molar-refractivity contribution >= 4 is 0 Å². The highest BCUT2D eigenvalue weighted by atomic mass is 16.5. The first kappa shape index (κ1) is 10.5. The van der Waals surface area contributed by atoms with Crippen LogP contribution >= 0.6 is 0 Å². The minimum Gasteiger partial charge on any atom is -0.357 e. The minimum atomic E-state index is 0.383. The van der Waals surface area contributed by atoms with Gasteiger partial charge in [0.1, 0.15) is 18.8 Å². The molecule has 0 radical (unpaired) electrons. The Bertz CT molecular complexity index is 273. The Morgan fingerprint density at radius 1 is 1.64 bits per heavy atom. The third kappa shape index (κ3) is 2.43. The molecule has 0 unspecified atom stereocenters. The molecule has 5 heteroatoms. The molecule has 0 fully saturated rings. The maximum Gasteiger partial charge on any atom is 0.136 e. The van der Waals surface area contributed by atoms with Gasteiger partial charge in [-0.2, -0.15) is 0 Å². The summed E-state index contributed by atoms with van der Waals surface area (Å²) in [5.41, 5.74) is 0. The summed E-state index contributed by atoms with van der Waals surface area (Å²) in [6, 6.07) is 0. The standard InChI is InChI=1S/C9H13N3O2/c1-3-6-14-8-12-5-4-11(2)9(12)7-10-13/h3-5,7H,1,6,8H2,2H3/b9-7-. The van der Waals surface area contributed by atoms with Crippen LogP contribution in [0.1, 0.15) is 0 Å². The van der Waals surface area contributed by atoms with Gasteiger partial charge in [0.25, 0.3) is 0 Å². The largest absolute Gasteiger partial charge is 0.357 e. The smallest absolute Gasteiger partial charge is 0.136 e. The Labute approximate surface area is 82.9 Å². The number of hydrogen-bond donors (Lipinski definition) is 0. The summed E-state index contributed by atoms with van der Waals surface area (Å²) in [7, 11) is 1.83. The van der Waals surface area contributed by atoms with E-state index in [1.165, 1.54) is 6.20 Å². The Morgan fingerprint density at radius 3 is 3.07 bits per heavy atom. The summed E-state index contributed by atoms with van der Waals surface area (Å²) in [6.07, 6.45) is 6.57. The second-order valence-electron chi connectivity index (χ2n) is 2.76. The minimum absolute atomic E-state index is 0.383. The van der Waals surface area contributed by atoms with E-state index in [4.69, 9.17) is 4.74 Å². The first-order valence-corrected chi connectivity index (χ1v) is 4.18. The molecule has 0 N–H and O–H groups in total. The molecule has 76 valence electrons. The predicted octanol–water partition coefficient (Wildman–Crippen LogP) is 1.43. The van der Waals surface area contributed by atoms with Crippen molar-refractivity contribution in [2.45, 2.75) is 0 Å². The van der Waals surface area contributed by atoms with Gasteiger partial charge in [-0.05, 0) is 5.18 Å². The summed E-state index contributed by atoms with van der Waals surface area (Å²) in [5, 5.41) is 2.74. The van der Waals surface area contributed by atoms with Gasteiger partial charge in [-0.25, -0.2) is 0 Å². The zero-order valence-electron chi connectivity index (χ0n) is 8.09. The highest BCUT2D eigenvalue weighted by Crippen LogP contribution is 2.17. The van der Waals surface area contributed by atoms with E-state index in [-0.39, 0.29) is 0 Å². The Kier molecular flexibility index (Phi) is 3.87. The molecule has 1 heterocycles. The van der Waals surface area contributed by atoms with Crippen molar-refractivity contribution in [3.63, 3.8) is 0 Å². The van der Waals surface area contributed by atoms with Crippen molar-refractivity contribution in [2.75, 3.05) is 20.4 Å². The maximum absolute atomic E-state index is 10.1. The van der Waals surface area contributed by atoms with Crippen molar-refractivity contribution in [2.24, 2.45) is 5.18 Å². The van der Waals surface area contributed by atoms with Crippen LogP contribution in [0.5, 0.6) is 0 Å². The lowest BCUT2D eigenvalue weighted by Crippen LogP contribution is -2.22. The fourth-order valence-electron chi connectivity index (χ4n) is 1.09. The number of ether oxygens (including phenoxy) is 1. The second kappa shape index (κ2) is 5.18. The highest BCUT2D eigenvalue weighted by Gasteiger charge is 2.16. The van der Waals surface area contributed by atoms with Gasteiger partial charge < -0.3 is 14.5 Å². The van der Waals surface area contributed by atoms with Gasteiger partial charge in [-0.3, -0.25) is 0 Å². The van der Waals surface area contributed by atoms with Crippen LogP contribution in [-0.2, 0) is 4.74 Å². The zero-order valence-corrected chi connectivity index (χ0v) is 8.09. The van der Waals surface area contributed by atoms with Crippen LogP contribution in [-0.4, -0.2) is 30.2 Å². The number of nitroso groups, excluding NO2 is 1. The lowest BCUT2D eigenvalue weighted by atomic mass is 10.6. The van der Waals surface area contributed by atoms with Crippen LogP contribution in [0, 0.1) is 4.91 Å². The van der Waals surface area contributed by atoms with Gasteiger partial charge in [0.2, 0.25) is 0 Å². The van der Waals surface area contributed by atoms with Crippen molar-refractivity contribution in [3.8, 4) is 0 Å². The third-order valence-corrected chi connectivity index (χ3v) is 1.76. The van der Waals surface area contributed by atoms with Crippen LogP contribution < -0.4 is 0 Å². The van der Waals surface area contributed by atoms with E-state index in [9.17, 15) is 4.91 Å². The molecule has 0 aromatic heterocycles. The molecule has 1 rings (SSSR count). The molecule has 0 bridgehead atoms. The predicted molar refractivity (Wildman–Crippen MR) is 53.6 cm³/mol. The highest BCUT2D eigenvalue weighted by molar-refractivity contribution is 5.12. The molecule has 0 aromatic rings. The average molecular weight is 195 g/mol. The zero-order chi connectivity index (χ0) is 10.4. The molecule has 0 atom stereocenters. The molecule has 1 aliphatic rings. The van der Waals surface area contributed by atoms with E-state index in [1.54, 1.807) is 15.9 Å². The van der Waals surface area contributed by atoms with E-state index in [0.29, 0.717) is 19.2 Å². The molecular weight excluding hydrogens is 182 g/mol. The Hall–Kier alpha value is -1.62. The average Bonchev–Trinajstić information content (AvgIpc) is 2.51. The van der Waals surface area contributed by atoms with Gasteiger partial charge in [0.15, 0.2) is 0 Å². The van der Waals surface area contributed by atoms with Gasteiger partial charge in [0.05, 0.1) is 6.61 Å². The summed E-state index contributed by atoms with van der Waals surface area (Å²) in [5.74, 6) is 0.698. The molecule has 0 aromatic carbocycles. The van der Waals surface area contributed by atoms with E-state index in [2.05, 4.69) is 11.8 Å². The lowest BCUT2D eigenvalue weighted by Gasteiger charge is -2.20. The molecule has 0 amide bonds. The van der Waals surface area contributed by atoms with Crippen molar-refractivity contribution < 1.29 is 4.74 Å². The first-order chi connectivity index (χ1) is 6.79. The van der Waals surface area contributed by atoms with Crippen LogP contribution in [0.2, 0.25) is 0 Å². The molecule has 0 aliphatic carbocycles. The van der Waals surface area contributed by atoms with E-state index in [0.717, 1.165) is 0 Å². The summed E-state index contributed by atoms with van der Waals surface area (Å²) in [4.78, 5) is 13.7. The van der Waals surface area contributed by atoms with Gasteiger partial charge in [-0.1, -0.05) is 6.08 Å². The summed E-state index contributed by atoms with van der Waals surface area (Å²) < 4.78 is 5.24. The number of rotatable bonds is 5. The Morgan fingerprint density at radius 2 is 2.43 bits per heavy atom. The molecule has 5 nitrogen and oxygen atoms in total. The van der Waals surface area contributed by atoms with E-state index < -0.39 is 0 Å². The van der Waals surface area contributed by atoms with Crippen molar-refractivity contribution in [1.29, 1.82) is 0 Å². The second-order valence-corrected chi connectivity index (χ2v) is 2.76. The van der Waals surface area contributed by atoms with Crippen molar-refractivity contribution in [1.82, 2.24) is 9.80 Å². The maximum atomic E-state index is 10.1. The molecule has 0 saturated heterocycles. The van der Waals surface area contributed by atoms with Gasteiger partial charge >= 0.3 is 0 Å². The molecule has 0 saturated carbocycles. The SMILES string of the molecule is C=CCOCN1C=CN(C)/C1=C/N=O. The van der Waals surface area contributed by atoms with Crippen LogP contribution in [0.25, 0.3) is 0 Å². The lowest BCUT2D eigenvalue weighted by molar-refractivity contribution is 0.0850. The van der Waals surface area contributed by atoms with Gasteiger partial charge in [-0.15, -0.1) is 11.5 Å². The fourth-order valence-corrected chi connectivity index (χ4v) is 1.09. The Balaban J connectivity index is 2.51. The number of nitrogens with zero attached hydrogens (tertiary/aromatic N) is 3. The van der Waals surface area contributed by atoms with Crippen LogP contribution in [0.15, 0.2) is 42.3 Å². The summed E-state index contributed by atoms with van der Waals surface area (Å²) >= 11 is 0. The quantitative estimate of drug-likeness (QED) is 0.378. The fraction of sp³-hybridized carbons (Fsp3) is 0.333.